The highest BCUT2D eigenvalue weighted by Gasteiger charge is 2.34. The van der Waals surface area contributed by atoms with Gasteiger partial charge < -0.3 is 5.32 Å². The fraction of sp³-hybridized carbons (Fsp3) is 0.154. The van der Waals surface area contributed by atoms with E-state index in [1.54, 1.807) is 0 Å². The molecule has 3 aromatic carbocycles. The number of fused-ring (bicyclic) bond motifs is 1. The minimum atomic E-state index is -0.0376. The third-order valence-corrected chi connectivity index (χ3v) is 5.81. The maximum atomic E-state index is 12.8. The molecule has 1 amide bonds. The number of carbonyl (C=O) groups is 1. The second kappa shape index (κ2) is 7.30. The smallest absolute Gasteiger partial charge is 0.226 e. The molecule has 30 heavy (non-hydrogen) atoms. The largest absolute Gasteiger partial charge is 0.310 e. The van der Waals surface area contributed by atoms with E-state index >= 15 is 0 Å². The molecule has 0 radical (unpaired) electrons. The van der Waals surface area contributed by atoms with Gasteiger partial charge in [0.2, 0.25) is 5.91 Å². The maximum absolute atomic E-state index is 12.8. The summed E-state index contributed by atoms with van der Waals surface area (Å²) in [6.07, 6.45) is 0.414. The van der Waals surface area contributed by atoms with Crippen LogP contribution in [0.3, 0.4) is 0 Å². The lowest BCUT2D eigenvalue weighted by atomic mass is 9.82. The van der Waals surface area contributed by atoms with E-state index < -0.39 is 0 Å². The van der Waals surface area contributed by atoms with Crippen LogP contribution in [0.4, 0.5) is 5.82 Å². The van der Waals surface area contributed by atoms with Crippen molar-refractivity contribution in [3.05, 3.63) is 101 Å². The molecule has 0 unspecified atom stereocenters. The van der Waals surface area contributed by atoms with Gasteiger partial charge in [0.05, 0.1) is 11.4 Å². The highest BCUT2D eigenvalue weighted by molar-refractivity contribution is 5.96. The number of hydrogen-bond donors (Lipinski definition) is 1. The molecule has 1 atom stereocenters. The van der Waals surface area contributed by atoms with Crippen LogP contribution < -0.4 is 5.32 Å². The number of amides is 1. The van der Waals surface area contributed by atoms with Crippen molar-refractivity contribution in [3.63, 3.8) is 0 Å². The zero-order chi connectivity index (χ0) is 20.7. The van der Waals surface area contributed by atoms with Gasteiger partial charge in [-0.1, -0.05) is 72.3 Å². The molecule has 0 bridgehead atoms. The van der Waals surface area contributed by atoms with Crippen molar-refractivity contribution in [2.45, 2.75) is 26.2 Å². The summed E-state index contributed by atoms with van der Waals surface area (Å²) < 4.78 is 1.87. The summed E-state index contributed by atoms with van der Waals surface area (Å²) in [6, 6.07) is 26.7. The van der Waals surface area contributed by atoms with Crippen LogP contribution in [0.15, 0.2) is 78.9 Å². The van der Waals surface area contributed by atoms with E-state index in [4.69, 9.17) is 5.10 Å². The number of nitrogens with zero attached hydrogens (tertiary/aromatic N) is 2. The van der Waals surface area contributed by atoms with Crippen molar-refractivity contribution in [1.29, 1.82) is 0 Å². The monoisotopic (exact) mass is 393 g/mol. The summed E-state index contributed by atoms with van der Waals surface area (Å²) >= 11 is 0. The first-order valence-corrected chi connectivity index (χ1v) is 10.2. The molecule has 4 aromatic rings. The van der Waals surface area contributed by atoms with Crippen LogP contribution in [0.5, 0.6) is 0 Å². The number of hydrogen-bond acceptors (Lipinski definition) is 2. The molecule has 0 saturated carbocycles. The summed E-state index contributed by atoms with van der Waals surface area (Å²) in [5.41, 5.74) is 7.53. The van der Waals surface area contributed by atoms with Crippen LogP contribution in [-0.2, 0) is 4.79 Å². The average Bonchev–Trinajstić information content (AvgIpc) is 3.14. The van der Waals surface area contributed by atoms with Crippen molar-refractivity contribution in [1.82, 2.24) is 9.78 Å². The van der Waals surface area contributed by atoms with Crippen LogP contribution in [0, 0.1) is 13.8 Å². The maximum Gasteiger partial charge on any atom is 0.226 e. The fourth-order valence-corrected chi connectivity index (χ4v) is 4.28. The van der Waals surface area contributed by atoms with Gasteiger partial charge in [-0.2, -0.15) is 5.10 Å². The highest BCUT2D eigenvalue weighted by Crippen LogP contribution is 2.44. The topological polar surface area (TPSA) is 46.9 Å². The molecule has 0 fully saturated rings. The van der Waals surface area contributed by atoms with Crippen molar-refractivity contribution < 1.29 is 4.79 Å². The molecule has 0 aliphatic carbocycles. The predicted molar refractivity (Wildman–Crippen MR) is 120 cm³/mol. The normalized spacial score (nSPS) is 15.5. The first-order chi connectivity index (χ1) is 14.6. The summed E-state index contributed by atoms with van der Waals surface area (Å²) in [4.78, 5) is 12.8. The number of anilines is 1. The Morgan fingerprint density at radius 2 is 1.60 bits per heavy atom. The van der Waals surface area contributed by atoms with Crippen LogP contribution >= 0.6 is 0 Å². The van der Waals surface area contributed by atoms with Crippen LogP contribution in [-0.4, -0.2) is 15.7 Å². The van der Waals surface area contributed by atoms with Gasteiger partial charge in [-0.3, -0.25) is 4.79 Å². The molecule has 0 saturated heterocycles. The zero-order valence-electron chi connectivity index (χ0n) is 17.1. The molecule has 1 aromatic heterocycles. The third kappa shape index (κ3) is 3.11. The van der Waals surface area contributed by atoms with Gasteiger partial charge in [0.25, 0.3) is 0 Å². The molecular formula is C26H23N3O. The van der Waals surface area contributed by atoms with Gasteiger partial charge >= 0.3 is 0 Å². The Labute approximate surface area is 176 Å². The molecular weight excluding hydrogens is 370 g/mol. The molecule has 0 spiro atoms. The quantitative estimate of drug-likeness (QED) is 0.490. The molecule has 5 rings (SSSR count). The summed E-state index contributed by atoms with van der Waals surface area (Å²) in [5, 5.41) is 8.12. The molecule has 148 valence electrons. The first kappa shape index (κ1) is 18.4. The Kier molecular flexibility index (Phi) is 4.47. The molecule has 1 N–H and O–H groups in total. The van der Waals surface area contributed by atoms with Crippen molar-refractivity contribution in [3.8, 4) is 16.9 Å². The Hall–Kier alpha value is -3.66. The number of benzene rings is 3. The molecule has 1 aliphatic heterocycles. The van der Waals surface area contributed by atoms with E-state index in [1.807, 2.05) is 47.1 Å². The first-order valence-electron chi connectivity index (χ1n) is 10.2. The van der Waals surface area contributed by atoms with E-state index in [9.17, 15) is 4.79 Å². The minimum absolute atomic E-state index is 0.0172. The van der Waals surface area contributed by atoms with E-state index in [0.717, 1.165) is 28.3 Å². The fourth-order valence-electron chi connectivity index (χ4n) is 4.28. The second-order valence-electron chi connectivity index (χ2n) is 7.89. The minimum Gasteiger partial charge on any atom is -0.310 e. The molecule has 4 heteroatoms. The number of rotatable bonds is 3. The van der Waals surface area contributed by atoms with Gasteiger partial charge in [0, 0.05) is 23.5 Å². The SMILES string of the molecule is Cc1ccc(-n2nc(-c3ccccc3)c3c2NC(=O)C[C@@H]3c2ccccc2C)cc1. The van der Waals surface area contributed by atoms with E-state index in [2.05, 4.69) is 55.6 Å². The van der Waals surface area contributed by atoms with Gasteiger partial charge in [-0.15, -0.1) is 0 Å². The van der Waals surface area contributed by atoms with Crippen molar-refractivity contribution in [2.75, 3.05) is 5.32 Å². The number of aryl methyl sites for hydroxylation is 2. The lowest BCUT2D eigenvalue weighted by Crippen LogP contribution is -2.25. The number of nitrogens with one attached hydrogen (secondary N) is 1. The number of carbonyl (C=O) groups excluding carboxylic acids is 1. The van der Waals surface area contributed by atoms with Gasteiger partial charge in [-0.05, 0) is 37.1 Å². The van der Waals surface area contributed by atoms with E-state index in [0.29, 0.717) is 6.42 Å². The summed E-state index contributed by atoms with van der Waals surface area (Å²) in [5.74, 6) is 0.746. The van der Waals surface area contributed by atoms with Crippen molar-refractivity contribution in [2.24, 2.45) is 0 Å². The average molecular weight is 393 g/mol. The molecule has 4 nitrogen and oxygen atoms in total. The van der Waals surface area contributed by atoms with Crippen LogP contribution in [0.1, 0.15) is 34.6 Å². The second-order valence-corrected chi connectivity index (χ2v) is 7.89. The van der Waals surface area contributed by atoms with Crippen LogP contribution in [0.25, 0.3) is 16.9 Å². The van der Waals surface area contributed by atoms with Gasteiger partial charge in [-0.25, -0.2) is 4.68 Å². The Morgan fingerprint density at radius 3 is 2.33 bits per heavy atom. The Balaban J connectivity index is 1.79. The molecule has 2 heterocycles. The standard InChI is InChI=1S/C26H23N3O/c1-17-12-14-20(15-13-17)29-26-24(25(28-29)19-9-4-3-5-10-19)22(16-23(30)27-26)21-11-7-6-8-18(21)2/h3-15,22H,16H2,1-2H3,(H,27,30)/t22-/m1/s1. The van der Waals surface area contributed by atoms with E-state index in [-0.39, 0.29) is 11.8 Å². The third-order valence-electron chi connectivity index (χ3n) is 5.81. The Bertz CT molecular complexity index is 1220. The van der Waals surface area contributed by atoms with Gasteiger partial charge in [0.15, 0.2) is 0 Å². The highest BCUT2D eigenvalue weighted by atomic mass is 16.1. The molecule has 1 aliphatic rings. The van der Waals surface area contributed by atoms with Crippen LogP contribution in [0.2, 0.25) is 0 Å². The lowest BCUT2D eigenvalue weighted by Gasteiger charge is -2.26. The zero-order valence-corrected chi connectivity index (χ0v) is 17.1. The lowest BCUT2D eigenvalue weighted by molar-refractivity contribution is -0.116. The van der Waals surface area contributed by atoms with Gasteiger partial charge in [0.1, 0.15) is 5.82 Å². The van der Waals surface area contributed by atoms with Crippen molar-refractivity contribution >= 4 is 11.7 Å². The predicted octanol–water partition coefficient (Wildman–Crippen LogP) is 5.63. The summed E-state index contributed by atoms with van der Waals surface area (Å²) in [6.45, 7) is 4.17. The van der Waals surface area contributed by atoms with E-state index in [1.165, 1.54) is 16.7 Å². The summed E-state index contributed by atoms with van der Waals surface area (Å²) in [7, 11) is 0. The number of aromatic nitrogens is 2. The Morgan fingerprint density at radius 1 is 0.900 bits per heavy atom.